The molecule has 0 amide bonds. The molecule has 0 aliphatic carbocycles. The Labute approximate surface area is 85.1 Å². The summed E-state index contributed by atoms with van der Waals surface area (Å²) in [5.74, 6) is -0.321. The van der Waals surface area contributed by atoms with Crippen molar-refractivity contribution in [2.45, 2.75) is 39.0 Å². The molecule has 0 aromatic rings. The molecule has 0 bridgehead atoms. The minimum Gasteiger partial charge on any atom is -0.462 e. The molecule has 14 heavy (non-hydrogen) atoms. The second-order valence-corrected chi connectivity index (χ2v) is 3.29. The Morgan fingerprint density at radius 1 is 1.29 bits per heavy atom. The van der Waals surface area contributed by atoms with Gasteiger partial charge in [0, 0.05) is 12.0 Å². The molecule has 3 heteroatoms. The quantitative estimate of drug-likeness (QED) is 0.260. The summed E-state index contributed by atoms with van der Waals surface area (Å²) in [6, 6.07) is 0. The highest BCUT2D eigenvalue weighted by Gasteiger charge is 2.01. The van der Waals surface area contributed by atoms with Crippen molar-refractivity contribution >= 4 is 12.3 Å². The normalized spacial score (nSPS) is 9.50. The molecule has 3 nitrogen and oxygen atoms in total. The molecule has 0 saturated heterocycles. The lowest BCUT2D eigenvalue weighted by Crippen LogP contribution is -2.05. The van der Waals surface area contributed by atoms with Gasteiger partial charge in [-0.15, -0.1) is 0 Å². The highest BCUT2D eigenvalue weighted by molar-refractivity contribution is 5.86. The summed E-state index contributed by atoms with van der Waals surface area (Å²) in [5, 5.41) is 0. The molecule has 0 rings (SSSR count). The van der Waals surface area contributed by atoms with E-state index in [1.165, 1.54) is 0 Å². The van der Waals surface area contributed by atoms with Gasteiger partial charge in [0.25, 0.3) is 0 Å². The predicted octanol–water partition coefficient (Wildman–Crippen LogP) is 2.26. The molecule has 0 heterocycles. The van der Waals surface area contributed by atoms with E-state index in [0.717, 1.165) is 32.0 Å². The van der Waals surface area contributed by atoms with Crippen LogP contribution >= 0.6 is 0 Å². The Morgan fingerprint density at radius 2 is 1.93 bits per heavy atom. The van der Waals surface area contributed by atoms with Gasteiger partial charge >= 0.3 is 5.97 Å². The maximum atomic E-state index is 10.9. The van der Waals surface area contributed by atoms with E-state index < -0.39 is 0 Å². The number of unbranched alkanes of at least 4 members (excludes halogenated alkanes) is 4. The van der Waals surface area contributed by atoms with Crippen LogP contribution in [0.15, 0.2) is 12.2 Å². The number of ether oxygens (including phenoxy) is 1. The molecule has 0 aliphatic rings. The molecule has 0 aromatic carbocycles. The third kappa shape index (κ3) is 7.53. The summed E-state index contributed by atoms with van der Waals surface area (Å²) in [6.07, 6.45) is 5.36. The maximum Gasteiger partial charge on any atom is 0.333 e. The van der Waals surface area contributed by atoms with Crippen LogP contribution in [0, 0.1) is 0 Å². The predicted molar refractivity (Wildman–Crippen MR) is 54.9 cm³/mol. The van der Waals surface area contributed by atoms with E-state index in [-0.39, 0.29) is 5.97 Å². The standard InChI is InChI=1S/C11H18O3/c1-10(2)11(13)14-9-7-5-3-4-6-8-12/h8H,1,3-7,9H2,2H3. The smallest absolute Gasteiger partial charge is 0.333 e. The van der Waals surface area contributed by atoms with Crippen molar-refractivity contribution < 1.29 is 14.3 Å². The monoisotopic (exact) mass is 198 g/mol. The van der Waals surface area contributed by atoms with Crippen LogP contribution in [-0.2, 0) is 14.3 Å². The molecular weight excluding hydrogens is 180 g/mol. The van der Waals surface area contributed by atoms with Crippen LogP contribution in [0.25, 0.3) is 0 Å². The van der Waals surface area contributed by atoms with E-state index in [1.807, 2.05) is 0 Å². The third-order valence-corrected chi connectivity index (χ3v) is 1.80. The van der Waals surface area contributed by atoms with Crippen molar-refractivity contribution in [3.05, 3.63) is 12.2 Å². The lowest BCUT2D eigenvalue weighted by molar-refractivity contribution is -0.139. The summed E-state index contributed by atoms with van der Waals surface area (Å²) in [6.45, 7) is 5.56. The zero-order valence-corrected chi connectivity index (χ0v) is 8.75. The number of esters is 1. The second-order valence-electron chi connectivity index (χ2n) is 3.29. The van der Waals surface area contributed by atoms with Crippen LogP contribution < -0.4 is 0 Å². The fourth-order valence-corrected chi connectivity index (χ4v) is 0.971. The van der Waals surface area contributed by atoms with Crippen LogP contribution in [0.1, 0.15) is 39.0 Å². The van der Waals surface area contributed by atoms with Crippen molar-refractivity contribution in [2.75, 3.05) is 6.61 Å². The minimum atomic E-state index is -0.321. The van der Waals surface area contributed by atoms with Crippen LogP contribution in [-0.4, -0.2) is 18.9 Å². The Morgan fingerprint density at radius 3 is 2.50 bits per heavy atom. The summed E-state index contributed by atoms with van der Waals surface area (Å²) in [5.41, 5.74) is 0.436. The van der Waals surface area contributed by atoms with Crippen molar-refractivity contribution in [2.24, 2.45) is 0 Å². The zero-order chi connectivity index (χ0) is 10.8. The van der Waals surface area contributed by atoms with Crippen LogP contribution in [0.5, 0.6) is 0 Å². The van der Waals surface area contributed by atoms with Crippen LogP contribution in [0.2, 0.25) is 0 Å². The van der Waals surface area contributed by atoms with Gasteiger partial charge in [0.05, 0.1) is 6.61 Å². The lowest BCUT2D eigenvalue weighted by Gasteiger charge is -2.03. The summed E-state index contributed by atoms with van der Waals surface area (Å²) >= 11 is 0. The summed E-state index contributed by atoms with van der Waals surface area (Å²) in [7, 11) is 0. The molecule has 0 fully saturated rings. The second kappa shape index (κ2) is 8.48. The van der Waals surface area contributed by atoms with Gasteiger partial charge in [0.1, 0.15) is 6.29 Å². The largest absolute Gasteiger partial charge is 0.462 e. The third-order valence-electron chi connectivity index (χ3n) is 1.80. The molecule has 0 atom stereocenters. The molecule has 0 spiro atoms. The highest BCUT2D eigenvalue weighted by Crippen LogP contribution is 2.02. The molecule has 0 aliphatic heterocycles. The number of carbonyl (C=O) groups is 2. The minimum absolute atomic E-state index is 0.321. The Balaban J connectivity index is 3.17. The van der Waals surface area contributed by atoms with Gasteiger partial charge in [0.15, 0.2) is 0 Å². The van der Waals surface area contributed by atoms with Gasteiger partial charge in [-0.3, -0.25) is 0 Å². The Hall–Kier alpha value is -1.12. The first-order valence-electron chi connectivity index (χ1n) is 4.94. The Bertz CT molecular complexity index is 197. The topological polar surface area (TPSA) is 43.4 Å². The number of hydrogen-bond donors (Lipinski definition) is 0. The molecular formula is C11H18O3. The van der Waals surface area contributed by atoms with Crippen molar-refractivity contribution in [3.8, 4) is 0 Å². The fraction of sp³-hybridized carbons (Fsp3) is 0.636. The fourth-order valence-electron chi connectivity index (χ4n) is 0.971. The van der Waals surface area contributed by atoms with E-state index in [4.69, 9.17) is 4.74 Å². The molecule has 80 valence electrons. The average Bonchev–Trinajstić information content (AvgIpc) is 2.16. The van der Waals surface area contributed by atoms with E-state index in [2.05, 4.69) is 6.58 Å². The van der Waals surface area contributed by atoms with E-state index >= 15 is 0 Å². The van der Waals surface area contributed by atoms with Gasteiger partial charge in [-0.2, -0.15) is 0 Å². The molecule has 0 saturated carbocycles. The number of carbonyl (C=O) groups excluding carboxylic acids is 2. The van der Waals surface area contributed by atoms with Gasteiger partial charge in [-0.1, -0.05) is 19.4 Å². The first-order chi connectivity index (χ1) is 6.68. The van der Waals surface area contributed by atoms with Gasteiger partial charge in [-0.25, -0.2) is 4.79 Å². The maximum absolute atomic E-state index is 10.9. The molecule has 0 aromatic heterocycles. The molecule has 0 N–H and O–H groups in total. The zero-order valence-electron chi connectivity index (χ0n) is 8.75. The SMILES string of the molecule is C=C(C)C(=O)OCCCCCCC=O. The molecule has 0 radical (unpaired) electrons. The number of rotatable bonds is 8. The first-order valence-corrected chi connectivity index (χ1v) is 4.94. The highest BCUT2D eigenvalue weighted by atomic mass is 16.5. The Kier molecular flexibility index (Phi) is 7.80. The van der Waals surface area contributed by atoms with Crippen molar-refractivity contribution in [1.29, 1.82) is 0 Å². The van der Waals surface area contributed by atoms with Crippen molar-refractivity contribution in [1.82, 2.24) is 0 Å². The number of hydrogen-bond acceptors (Lipinski definition) is 3. The average molecular weight is 198 g/mol. The van der Waals surface area contributed by atoms with Gasteiger partial charge in [-0.05, 0) is 19.8 Å². The molecule has 0 unspecified atom stereocenters. The lowest BCUT2D eigenvalue weighted by atomic mass is 10.2. The van der Waals surface area contributed by atoms with E-state index in [1.54, 1.807) is 6.92 Å². The van der Waals surface area contributed by atoms with Crippen LogP contribution in [0.4, 0.5) is 0 Å². The summed E-state index contributed by atoms with van der Waals surface area (Å²) in [4.78, 5) is 20.9. The first kappa shape index (κ1) is 12.9. The van der Waals surface area contributed by atoms with E-state index in [0.29, 0.717) is 18.6 Å². The van der Waals surface area contributed by atoms with Crippen LogP contribution in [0.3, 0.4) is 0 Å². The summed E-state index contributed by atoms with van der Waals surface area (Å²) < 4.78 is 4.90. The number of aldehydes is 1. The van der Waals surface area contributed by atoms with Gasteiger partial charge < -0.3 is 9.53 Å². The van der Waals surface area contributed by atoms with E-state index in [9.17, 15) is 9.59 Å². The van der Waals surface area contributed by atoms with Gasteiger partial charge in [0.2, 0.25) is 0 Å². The van der Waals surface area contributed by atoms with Crippen molar-refractivity contribution in [3.63, 3.8) is 0 Å².